The number of aromatic nitrogens is 2. The molecule has 0 saturated carbocycles. The van der Waals surface area contributed by atoms with Crippen molar-refractivity contribution in [3.05, 3.63) is 47.1 Å². The highest BCUT2D eigenvalue weighted by Gasteiger charge is 2.40. The molecule has 2 aromatic heterocycles. The summed E-state index contributed by atoms with van der Waals surface area (Å²) >= 11 is 7.20. The number of esters is 1. The summed E-state index contributed by atoms with van der Waals surface area (Å²) in [5.74, 6) is -0.680. The molecule has 0 radical (unpaired) electrons. The van der Waals surface area contributed by atoms with E-state index in [0.717, 1.165) is 10.9 Å². The minimum Gasteiger partial charge on any atom is -0.454 e. The van der Waals surface area contributed by atoms with Gasteiger partial charge in [-0.05, 0) is 30.5 Å². The van der Waals surface area contributed by atoms with Gasteiger partial charge < -0.3 is 9.15 Å². The first-order valence-electron chi connectivity index (χ1n) is 8.80. The van der Waals surface area contributed by atoms with Crippen LogP contribution in [0.15, 0.2) is 45.7 Å². The molecular formula is C19H16ClF3N2O5S2. The normalized spacial score (nSPS) is 12.2. The number of ether oxygens (including phenoxy) is 1. The van der Waals surface area contributed by atoms with Gasteiger partial charge in [-0.3, -0.25) is 4.79 Å². The predicted molar refractivity (Wildman–Crippen MR) is 113 cm³/mol. The third-order valence-electron chi connectivity index (χ3n) is 4.17. The number of benzene rings is 1. The molecule has 0 saturated heterocycles. The molecule has 2 heterocycles. The van der Waals surface area contributed by atoms with Gasteiger partial charge in [0, 0.05) is 11.8 Å². The first-order valence-corrected chi connectivity index (χ1v) is 12.5. The van der Waals surface area contributed by atoms with Gasteiger partial charge in [0.1, 0.15) is 29.0 Å². The molecule has 13 heteroatoms. The summed E-state index contributed by atoms with van der Waals surface area (Å²) < 4.78 is 75.0. The van der Waals surface area contributed by atoms with Gasteiger partial charge in [0.05, 0.1) is 4.90 Å². The molecule has 0 amide bonds. The zero-order chi connectivity index (χ0) is 23.7. The molecule has 0 atom stereocenters. The Morgan fingerprint density at radius 2 is 1.94 bits per heavy atom. The van der Waals surface area contributed by atoms with Crippen molar-refractivity contribution in [2.75, 3.05) is 18.5 Å². The van der Waals surface area contributed by atoms with E-state index in [2.05, 4.69) is 5.10 Å². The van der Waals surface area contributed by atoms with Crippen LogP contribution in [0.1, 0.15) is 5.69 Å². The molecule has 0 unspecified atom stereocenters. The van der Waals surface area contributed by atoms with Crippen LogP contribution in [0.25, 0.3) is 22.8 Å². The van der Waals surface area contributed by atoms with E-state index < -0.39 is 39.2 Å². The van der Waals surface area contributed by atoms with Crippen molar-refractivity contribution in [3.8, 4) is 22.8 Å². The van der Waals surface area contributed by atoms with E-state index in [1.807, 2.05) is 0 Å². The Morgan fingerprint density at radius 1 is 1.25 bits per heavy atom. The number of alkyl halides is 3. The third-order valence-corrected chi connectivity index (χ3v) is 5.99. The van der Waals surface area contributed by atoms with E-state index in [1.54, 1.807) is 12.3 Å². The Bertz CT molecular complexity index is 1250. The Morgan fingerprint density at radius 3 is 2.56 bits per heavy atom. The molecule has 172 valence electrons. The lowest BCUT2D eigenvalue weighted by Crippen LogP contribution is -2.16. The molecule has 0 N–H and O–H groups in total. The van der Waals surface area contributed by atoms with Crippen molar-refractivity contribution in [2.24, 2.45) is 0 Å². The number of hydrogen-bond donors (Lipinski definition) is 0. The number of hydrogen-bond acceptors (Lipinski definition) is 7. The summed E-state index contributed by atoms with van der Waals surface area (Å²) in [6.45, 7) is -0.620. The monoisotopic (exact) mass is 508 g/mol. The third kappa shape index (κ3) is 5.30. The molecule has 0 spiro atoms. The predicted octanol–water partition coefficient (Wildman–Crippen LogP) is 4.75. The molecule has 0 fully saturated rings. The summed E-state index contributed by atoms with van der Waals surface area (Å²) in [5, 5.41) is 2.71. The van der Waals surface area contributed by atoms with Crippen molar-refractivity contribution < 1.29 is 35.5 Å². The van der Waals surface area contributed by atoms with Crippen LogP contribution in [0, 0.1) is 0 Å². The van der Waals surface area contributed by atoms with Crippen molar-refractivity contribution in [1.29, 1.82) is 0 Å². The lowest BCUT2D eigenvalue weighted by atomic mass is 10.2. The van der Waals surface area contributed by atoms with Crippen LogP contribution in [0.3, 0.4) is 0 Å². The van der Waals surface area contributed by atoms with Crippen molar-refractivity contribution in [1.82, 2.24) is 9.78 Å². The Hall–Kier alpha value is -2.44. The van der Waals surface area contributed by atoms with Gasteiger partial charge in [-0.15, -0.1) is 11.8 Å². The summed E-state index contributed by atoms with van der Waals surface area (Å²) in [5.41, 5.74) is -1.24. The highest BCUT2D eigenvalue weighted by atomic mass is 35.5. The highest BCUT2D eigenvalue weighted by molar-refractivity contribution is 7.98. The average molecular weight is 509 g/mol. The number of rotatable bonds is 7. The zero-order valence-corrected chi connectivity index (χ0v) is 19.0. The topological polar surface area (TPSA) is 91.4 Å². The Labute approximate surface area is 190 Å². The largest absolute Gasteiger partial charge is 0.454 e. The average Bonchev–Trinajstić information content (AvgIpc) is 3.30. The van der Waals surface area contributed by atoms with E-state index in [1.165, 1.54) is 42.1 Å². The molecular weight excluding hydrogens is 493 g/mol. The number of sulfone groups is 1. The van der Waals surface area contributed by atoms with Gasteiger partial charge in [-0.2, -0.15) is 18.3 Å². The van der Waals surface area contributed by atoms with Crippen LogP contribution in [0.4, 0.5) is 13.2 Å². The summed E-state index contributed by atoms with van der Waals surface area (Å²) in [4.78, 5) is 12.0. The molecule has 7 nitrogen and oxygen atoms in total. The summed E-state index contributed by atoms with van der Waals surface area (Å²) in [7, 11) is -3.48. The van der Waals surface area contributed by atoms with Crippen molar-refractivity contribution in [2.45, 2.75) is 17.6 Å². The number of halogens is 4. The second-order valence-corrected chi connectivity index (χ2v) is 9.76. The van der Waals surface area contributed by atoms with Crippen LogP contribution in [0.5, 0.6) is 0 Å². The molecule has 0 aliphatic carbocycles. The number of carbonyl (C=O) groups excluding carboxylic acids is 1. The quantitative estimate of drug-likeness (QED) is 0.336. The standard InChI is InChI=1S/C19H16ClF3N2O5S2/c1-31-10-29-15(26)9-25-17(16(20)18(24-25)19(21,22)23)14-7-6-13(30-14)11-4-3-5-12(8-11)32(2,27)28/h3-8H,9-10H2,1-2H3. The van der Waals surface area contributed by atoms with E-state index in [4.69, 9.17) is 20.8 Å². The van der Waals surface area contributed by atoms with Gasteiger partial charge in [-0.1, -0.05) is 23.7 Å². The van der Waals surface area contributed by atoms with Gasteiger partial charge >= 0.3 is 12.1 Å². The Kier molecular flexibility index (Phi) is 6.96. The molecule has 3 rings (SSSR count). The van der Waals surface area contributed by atoms with Crippen LogP contribution in [0.2, 0.25) is 5.02 Å². The summed E-state index contributed by atoms with van der Waals surface area (Å²) in [6, 6.07) is 8.67. The molecule has 0 bridgehead atoms. The second kappa shape index (κ2) is 9.20. The van der Waals surface area contributed by atoms with Gasteiger partial charge in [0.2, 0.25) is 0 Å². The molecule has 32 heavy (non-hydrogen) atoms. The number of nitrogens with zero attached hydrogens (tertiary/aromatic N) is 2. The van der Waals surface area contributed by atoms with E-state index in [9.17, 15) is 26.4 Å². The van der Waals surface area contributed by atoms with Gasteiger partial charge in [0.15, 0.2) is 21.3 Å². The molecule has 0 aliphatic heterocycles. The SMILES string of the molecule is CSCOC(=O)Cn1nc(C(F)(F)F)c(Cl)c1-c1ccc(-c2cccc(S(C)(=O)=O)c2)o1. The van der Waals surface area contributed by atoms with Crippen LogP contribution < -0.4 is 0 Å². The number of furan rings is 1. The molecule has 3 aromatic rings. The van der Waals surface area contributed by atoms with Crippen molar-refractivity contribution in [3.63, 3.8) is 0 Å². The van der Waals surface area contributed by atoms with Crippen LogP contribution >= 0.6 is 23.4 Å². The van der Waals surface area contributed by atoms with E-state index in [-0.39, 0.29) is 28.0 Å². The smallest absolute Gasteiger partial charge is 0.436 e. The molecule has 0 aliphatic rings. The lowest BCUT2D eigenvalue weighted by Gasteiger charge is -2.06. The van der Waals surface area contributed by atoms with Gasteiger partial charge in [-0.25, -0.2) is 13.1 Å². The first kappa shape index (κ1) is 24.2. The zero-order valence-electron chi connectivity index (χ0n) is 16.6. The molecule has 1 aromatic carbocycles. The highest BCUT2D eigenvalue weighted by Crippen LogP contribution is 2.41. The minimum atomic E-state index is -4.86. The fourth-order valence-electron chi connectivity index (χ4n) is 2.76. The first-order chi connectivity index (χ1) is 14.9. The van der Waals surface area contributed by atoms with Crippen molar-refractivity contribution >= 4 is 39.2 Å². The van der Waals surface area contributed by atoms with E-state index in [0.29, 0.717) is 5.56 Å². The number of carbonyl (C=O) groups is 1. The van der Waals surface area contributed by atoms with E-state index >= 15 is 0 Å². The number of thioether (sulfide) groups is 1. The van der Waals surface area contributed by atoms with Crippen LogP contribution in [-0.4, -0.2) is 42.6 Å². The maximum Gasteiger partial charge on any atom is 0.436 e. The fraction of sp³-hybridized carbons (Fsp3) is 0.263. The maximum atomic E-state index is 13.4. The lowest BCUT2D eigenvalue weighted by molar-refractivity contribution is -0.144. The maximum absolute atomic E-state index is 13.4. The Balaban J connectivity index is 2.05. The minimum absolute atomic E-state index is 0.0247. The summed E-state index contributed by atoms with van der Waals surface area (Å²) in [6.07, 6.45) is -2.12. The second-order valence-electron chi connectivity index (χ2n) is 6.55. The van der Waals surface area contributed by atoms with Crippen LogP contribution in [-0.2, 0) is 32.1 Å². The fourth-order valence-corrected chi connectivity index (χ4v) is 4.02. The van der Waals surface area contributed by atoms with Gasteiger partial charge in [0.25, 0.3) is 0 Å².